The third-order valence-electron chi connectivity index (χ3n) is 2.75. The van der Waals surface area contributed by atoms with Gasteiger partial charge in [0, 0.05) is 34.6 Å². The van der Waals surface area contributed by atoms with Crippen LogP contribution in [0.15, 0.2) is 48.5 Å². The lowest BCUT2D eigenvalue weighted by molar-refractivity contribution is 0.102. The molecular formula is C15H15IN2O. The normalized spacial score (nSPS) is 10.1. The molecule has 0 aliphatic rings. The third-order valence-corrected chi connectivity index (χ3v) is 3.47. The zero-order valence-electron chi connectivity index (χ0n) is 10.9. The predicted octanol–water partition coefficient (Wildman–Crippen LogP) is 3.61. The van der Waals surface area contributed by atoms with Crippen LogP contribution in [0.5, 0.6) is 0 Å². The minimum absolute atomic E-state index is 0.0889. The Morgan fingerprint density at radius 2 is 1.58 bits per heavy atom. The van der Waals surface area contributed by atoms with Gasteiger partial charge in [0.1, 0.15) is 0 Å². The van der Waals surface area contributed by atoms with Gasteiger partial charge in [-0.15, -0.1) is 0 Å². The number of amides is 1. The zero-order chi connectivity index (χ0) is 13.8. The molecule has 1 N–H and O–H groups in total. The quantitative estimate of drug-likeness (QED) is 0.842. The van der Waals surface area contributed by atoms with Crippen LogP contribution in [-0.2, 0) is 0 Å². The second-order valence-corrected chi connectivity index (χ2v) is 5.65. The summed E-state index contributed by atoms with van der Waals surface area (Å²) >= 11 is 2.22. The van der Waals surface area contributed by atoms with Crippen LogP contribution in [0.25, 0.3) is 0 Å². The van der Waals surface area contributed by atoms with Gasteiger partial charge in [-0.3, -0.25) is 4.79 Å². The lowest BCUT2D eigenvalue weighted by Gasteiger charge is -2.13. The van der Waals surface area contributed by atoms with Gasteiger partial charge in [-0.25, -0.2) is 0 Å². The molecule has 3 nitrogen and oxygen atoms in total. The van der Waals surface area contributed by atoms with Crippen molar-refractivity contribution in [3.63, 3.8) is 0 Å². The molecule has 0 bridgehead atoms. The minimum atomic E-state index is -0.0889. The number of nitrogens with zero attached hydrogens (tertiary/aromatic N) is 1. The fraction of sp³-hybridized carbons (Fsp3) is 0.133. The monoisotopic (exact) mass is 366 g/mol. The maximum absolute atomic E-state index is 12.0. The average molecular weight is 366 g/mol. The van der Waals surface area contributed by atoms with E-state index < -0.39 is 0 Å². The van der Waals surface area contributed by atoms with E-state index in [1.807, 2.05) is 67.5 Å². The van der Waals surface area contributed by atoms with Gasteiger partial charge in [-0.2, -0.15) is 0 Å². The second kappa shape index (κ2) is 6.06. The molecule has 0 atom stereocenters. The van der Waals surface area contributed by atoms with E-state index in [4.69, 9.17) is 0 Å². The highest BCUT2D eigenvalue weighted by molar-refractivity contribution is 14.1. The molecule has 0 heterocycles. The van der Waals surface area contributed by atoms with Gasteiger partial charge in [0.2, 0.25) is 0 Å². The summed E-state index contributed by atoms with van der Waals surface area (Å²) in [6.45, 7) is 0. The molecule has 2 rings (SSSR count). The number of hydrogen-bond donors (Lipinski definition) is 1. The fourth-order valence-electron chi connectivity index (χ4n) is 1.65. The van der Waals surface area contributed by atoms with Crippen molar-refractivity contribution in [2.75, 3.05) is 24.3 Å². The van der Waals surface area contributed by atoms with E-state index in [-0.39, 0.29) is 5.91 Å². The van der Waals surface area contributed by atoms with E-state index in [1.54, 1.807) is 0 Å². The van der Waals surface area contributed by atoms with Crippen LogP contribution < -0.4 is 10.2 Å². The van der Waals surface area contributed by atoms with E-state index >= 15 is 0 Å². The summed E-state index contributed by atoms with van der Waals surface area (Å²) in [6.07, 6.45) is 0. The topological polar surface area (TPSA) is 32.3 Å². The summed E-state index contributed by atoms with van der Waals surface area (Å²) in [7, 11) is 3.97. The van der Waals surface area contributed by atoms with Crippen LogP contribution in [0.1, 0.15) is 10.4 Å². The summed E-state index contributed by atoms with van der Waals surface area (Å²) in [5, 5.41) is 2.88. The maximum Gasteiger partial charge on any atom is 0.255 e. The molecule has 0 aliphatic heterocycles. The average Bonchev–Trinajstić information content (AvgIpc) is 2.40. The van der Waals surface area contributed by atoms with Crippen LogP contribution in [0.4, 0.5) is 11.4 Å². The molecule has 19 heavy (non-hydrogen) atoms. The van der Waals surface area contributed by atoms with E-state index in [1.165, 1.54) is 0 Å². The van der Waals surface area contributed by atoms with Crippen LogP contribution in [0.3, 0.4) is 0 Å². The number of carbonyl (C=O) groups excluding carboxylic acids is 1. The Morgan fingerprint density at radius 1 is 1.00 bits per heavy atom. The summed E-state index contributed by atoms with van der Waals surface area (Å²) < 4.78 is 1.12. The first-order valence-corrected chi connectivity index (χ1v) is 6.98. The van der Waals surface area contributed by atoms with Gasteiger partial charge in [0.25, 0.3) is 5.91 Å². The lowest BCUT2D eigenvalue weighted by atomic mass is 10.2. The predicted molar refractivity (Wildman–Crippen MR) is 87.9 cm³/mol. The highest BCUT2D eigenvalue weighted by Gasteiger charge is 2.05. The molecule has 0 radical (unpaired) electrons. The number of nitrogens with one attached hydrogen (secondary N) is 1. The van der Waals surface area contributed by atoms with Crippen LogP contribution >= 0.6 is 22.6 Å². The van der Waals surface area contributed by atoms with Crippen LogP contribution in [0.2, 0.25) is 0 Å². The highest BCUT2D eigenvalue weighted by atomic mass is 127. The fourth-order valence-corrected chi connectivity index (χ4v) is 2.01. The van der Waals surface area contributed by atoms with E-state index in [9.17, 15) is 4.79 Å². The number of hydrogen-bond acceptors (Lipinski definition) is 2. The Hall–Kier alpha value is -1.56. The van der Waals surface area contributed by atoms with Gasteiger partial charge in [-0.1, -0.05) is 0 Å². The van der Waals surface area contributed by atoms with E-state index in [0.717, 1.165) is 14.9 Å². The molecule has 0 aromatic heterocycles. The molecule has 98 valence electrons. The van der Waals surface area contributed by atoms with E-state index in [0.29, 0.717) is 5.56 Å². The van der Waals surface area contributed by atoms with Gasteiger partial charge in [0.15, 0.2) is 0 Å². The molecule has 1 amide bonds. The molecule has 2 aromatic carbocycles. The first-order chi connectivity index (χ1) is 9.06. The van der Waals surface area contributed by atoms with Gasteiger partial charge < -0.3 is 10.2 Å². The third kappa shape index (κ3) is 3.70. The Morgan fingerprint density at radius 3 is 2.11 bits per heavy atom. The van der Waals surface area contributed by atoms with Gasteiger partial charge in [0.05, 0.1) is 0 Å². The van der Waals surface area contributed by atoms with Crippen molar-refractivity contribution in [3.05, 3.63) is 57.7 Å². The molecule has 0 unspecified atom stereocenters. The van der Waals surface area contributed by atoms with E-state index in [2.05, 4.69) is 27.9 Å². The molecule has 0 spiro atoms. The lowest BCUT2D eigenvalue weighted by Crippen LogP contribution is -2.12. The number of carbonyl (C=O) groups is 1. The molecule has 0 fully saturated rings. The largest absolute Gasteiger partial charge is 0.378 e. The Kier molecular flexibility index (Phi) is 4.42. The number of rotatable bonds is 3. The first kappa shape index (κ1) is 13.9. The SMILES string of the molecule is CN(C)c1ccc(NC(=O)c2ccc(I)cc2)cc1. The van der Waals surface area contributed by atoms with Crippen molar-refractivity contribution in [2.45, 2.75) is 0 Å². The molecule has 4 heteroatoms. The highest BCUT2D eigenvalue weighted by Crippen LogP contribution is 2.16. The molecule has 0 saturated carbocycles. The van der Waals surface area contributed by atoms with Crippen molar-refractivity contribution in [1.82, 2.24) is 0 Å². The maximum atomic E-state index is 12.0. The molecule has 0 saturated heterocycles. The van der Waals surface area contributed by atoms with Crippen LogP contribution in [0, 0.1) is 3.57 Å². The smallest absolute Gasteiger partial charge is 0.255 e. The Bertz CT molecular complexity index is 562. The Labute approximate surface area is 126 Å². The number of benzene rings is 2. The first-order valence-electron chi connectivity index (χ1n) is 5.90. The van der Waals surface area contributed by atoms with Gasteiger partial charge >= 0.3 is 0 Å². The number of anilines is 2. The van der Waals surface area contributed by atoms with Gasteiger partial charge in [-0.05, 0) is 71.1 Å². The molecule has 0 aliphatic carbocycles. The van der Waals surface area contributed by atoms with Crippen LogP contribution in [-0.4, -0.2) is 20.0 Å². The van der Waals surface area contributed by atoms with Crippen molar-refractivity contribution in [3.8, 4) is 0 Å². The summed E-state index contributed by atoms with van der Waals surface area (Å²) in [6, 6.07) is 15.2. The number of halogens is 1. The standard InChI is InChI=1S/C15H15IN2O/c1-18(2)14-9-7-13(8-10-14)17-15(19)11-3-5-12(16)6-4-11/h3-10H,1-2H3,(H,17,19). The molecular weight excluding hydrogens is 351 g/mol. The second-order valence-electron chi connectivity index (χ2n) is 4.40. The van der Waals surface area contributed by atoms with Crippen molar-refractivity contribution < 1.29 is 4.79 Å². The summed E-state index contributed by atoms with van der Waals surface area (Å²) in [5.41, 5.74) is 2.57. The summed E-state index contributed by atoms with van der Waals surface area (Å²) in [5.74, 6) is -0.0889. The molecule has 2 aromatic rings. The van der Waals surface area contributed by atoms with Crippen molar-refractivity contribution in [2.24, 2.45) is 0 Å². The van der Waals surface area contributed by atoms with Crippen molar-refractivity contribution >= 4 is 39.9 Å². The van der Waals surface area contributed by atoms with Crippen molar-refractivity contribution in [1.29, 1.82) is 0 Å². The Balaban J connectivity index is 2.08. The zero-order valence-corrected chi connectivity index (χ0v) is 13.0. The minimum Gasteiger partial charge on any atom is -0.378 e. The summed E-state index contributed by atoms with van der Waals surface area (Å²) in [4.78, 5) is 14.0.